The molecular weight excluding hydrogens is 216 g/mol. The lowest BCUT2D eigenvalue weighted by molar-refractivity contribution is -0.138. The van der Waals surface area contributed by atoms with Crippen LogP contribution in [-0.4, -0.2) is 25.1 Å². The third kappa shape index (κ3) is 4.64. The number of carbonyl (C=O) groups is 1. The van der Waals surface area contributed by atoms with Gasteiger partial charge in [0.25, 0.3) is 0 Å². The Kier molecular flexibility index (Phi) is 5.26. The monoisotopic (exact) mass is 240 g/mol. The first kappa shape index (κ1) is 12.8. The molecule has 2 rings (SSSR count). The predicted molar refractivity (Wildman–Crippen MR) is 66.3 cm³/mol. The largest absolute Gasteiger partial charge is 0.316 e. The smallest absolute Gasteiger partial charge is 0.243 e. The molecule has 1 heterocycles. The van der Waals surface area contributed by atoms with E-state index in [0.29, 0.717) is 12.3 Å². The minimum absolute atomic E-state index is 0.0440. The molecule has 0 radical (unpaired) electrons. The molecule has 4 nitrogen and oxygen atoms in total. The molecule has 1 aliphatic heterocycles. The summed E-state index contributed by atoms with van der Waals surface area (Å²) in [5.41, 5.74) is 2.60. The van der Waals surface area contributed by atoms with Crippen molar-refractivity contribution >= 4 is 5.91 Å². The molecule has 0 aromatic rings. The lowest BCUT2D eigenvalue weighted by Gasteiger charge is -2.22. The fourth-order valence-corrected chi connectivity index (χ4v) is 2.71. The Balaban J connectivity index is 1.53. The number of amides is 1. The van der Waals surface area contributed by atoms with Crippen LogP contribution >= 0.6 is 0 Å². The van der Waals surface area contributed by atoms with Crippen LogP contribution in [0, 0.1) is 5.92 Å². The molecule has 1 saturated carbocycles. The summed E-state index contributed by atoms with van der Waals surface area (Å²) >= 11 is 0. The van der Waals surface area contributed by atoms with E-state index in [4.69, 9.17) is 4.84 Å². The number of nitrogens with one attached hydrogen (secondary N) is 2. The molecule has 0 aromatic heterocycles. The zero-order valence-corrected chi connectivity index (χ0v) is 10.5. The van der Waals surface area contributed by atoms with Gasteiger partial charge in [-0.15, -0.1) is 0 Å². The standard InChI is InChI=1S/C13H24N2O2/c16-13(15-17-12-5-1-2-6-12)8-7-11-4-3-9-14-10-11/h11-12,14H,1-10H2,(H,15,16). The number of hydrogen-bond donors (Lipinski definition) is 2. The zero-order chi connectivity index (χ0) is 11.9. The highest BCUT2D eigenvalue weighted by Gasteiger charge is 2.18. The average Bonchev–Trinajstić information content (AvgIpc) is 2.88. The maximum atomic E-state index is 11.6. The normalized spacial score (nSPS) is 26.0. The molecule has 1 amide bonds. The van der Waals surface area contributed by atoms with Crippen LogP contribution in [0.3, 0.4) is 0 Å². The van der Waals surface area contributed by atoms with Crippen LogP contribution in [0.1, 0.15) is 51.4 Å². The Morgan fingerprint density at radius 3 is 2.76 bits per heavy atom. The van der Waals surface area contributed by atoms with E-state index in [-0.39, 0.29) is 12.0 Å². The molecule has 2 N–H and O–H groups in total. The third-order valence-corrected chi connectivity index (χ3v) is 3.82. The Labute approximate surface area is 103 Å². The Hall–Kier alpha value is -0.610. The van der Waals surface area contributed by atoms with Crippen LogP contribution in [0.4, 0.5) is 0 Å². The van der Waals surface area contributed by atoms with Crippen molar-refractivity contribution in [2.45, 2.75) is 57.5 Å². The first-order chi connectivity index (χ1) is 8.34. The van der Waals surface area contributed by atoms with Crippen LogP contribution in [0.2, 0.25) is 0 Å². The van der Waals surface area contributed by atoms with Crippen molar-refractivity contribution in [1.82, 2.24) is 10.8 Å². The summed E-state index contributed by atoms with van der Waals surface area (Å²) in [6, 6.07) is 0. The molecule has 0 aromatic carbocycles. The fraction of sp³-hybridized carbons (Fsp3) is 0.923. The van der Waals surface area contributed by atoms with Crippen molar-refractivity contribution in [2.24, 2.45) is 5.92 Å². The van der Waals surface area contributed by atoms with Crippen LogP contribution in [0.25, 0.3) is 0 Å². The SMILES string of the molecule is O=C(CCC1CCCNC1)NOC1CCCC1. The van der Waals surface area contributed by atoms with Crippen molar-refractivity contribution in [2.75, 3.05) is 13.1 Å². The molecule has 2 aliphatic rings. The number of rotatable bonds is 5. The fourth-order valence-electron chi connectivity index (χ4n) is 2.71. The topological polar surface area (TPSA) is 50.4 Å². The van der Waals surface area contributed by atoms with Gasteiger partial charge in [-0.05, 0) is 51.1 Å². The minimum atomic E-state index is 0.0440. The molecule has 98 valence electrons. The molecule has 1 atom stereocenters. The zero-order valence-electron chi connectivity index (χ0n) is 10.5. The lowest BCUT2D eigenvalue weighted by atomic mass is 9.95. The van der Waals surface area contributed by atoms with Crippen molar-refractivity contribution < 1.29 is 9.63 Å². The van der Waals surface area contributed by atoms with Gasteiger partial charge in [-0.1, -0.05) is 12.8 Å². The van der Waals surface area contributed by atoms with Gasteiger partial charge in [-0.3, -0.25) is 9.63 Å². The summed E-state index contributed by atoms with van der Waals surface area (Å²) < 4.78 is 0. The summed E-state index contributed by atoms with van der Waals surface area (Å²) in [4.78, 5) is 17.0. The summed E-state index contributed by atoms with van der Waals surface area (Å²) in [5, 5.41) is 3.37. The molecule has 4 heteroatoms. The molecule has 2 fully saturated rings. The Bertz CT molecular complexity index is 234. The predicted octanol–water partition coefficient (Wildman–Crippen LogP) is 1.76. The molecule has 1 aliphatic carbocycles. The lowest BCUT2D eigenvalue weighted by Crippen LogP contribution is -2.32. The van der Waals surface area contributed by atoms with E-state index in [2.05, 4.69) is 10.8 Å². The molecule has 0 spiro atoms. The quantitative estimate of drug-likeness (QED) is 0.720. The van der Waals surface area contributed by atoms with Gasteiger partial charge < -0.3 is 5.32 Å². The number of hydroxylamine groups is 1. The van der Waals surface area contributed by atoms with E-state index in [1.54, 1.807) is 0 Å². The summed E-state index contributed by atoms with van der Waals surface area (Å²) in [7, 11) is 0. The van der Waals surface area contributed by atoms with Gasteiger partial charge >= 0.3 is 0 Å². The second kappa shape index (κ2) is 6.97. The first-order valence-corrected chi connectivity index (χ1v) is 7.00. The number of piperidine rings is 1. The molecule has 1 unspecified atom stereocenters. The first-order valence-electron chi connectivity index (χ1n) is 7.00. The van der Waals surface area contributed by atoms with Crippen molar-refractivity contribution in [3.8, 4) is 0 Å². The molecular formula is C13H24N2O2. The number of hydrogen-bond acceptors (Lipinski definition) is 3. The molecule has 0 bridgehead atoms. The van der Waals surface area contributed by atoms with Gasteiger partial charge in [-0.2, -0.15) is 0 Å². The highest BCUT2D eigenvalue weighted by Crippen LogP contribution is 2.20. The van der Waals surface area contributed by atoms with Crippen molar-refractivity contribution in [3.05, 3.63) is 0 Å². The Morgan fingerprint density at radius 1 is 1.24 bits per heavy atom. The third-order valence-electron chi connectivity index (χ3n) is 3.82. The van der Waals surface area contributed by atoms with E-state index < -0.39 is 0 Å². The van der Waals surface area contributed by atoms with Crippen molar-refractivity contribution in [1.29, 1.82) is 0 Å². The second-order valence-electron chi connectivity index (χ2n) is 5.30. The van der Waals surface area contributed by atoms with Crippen LogP contribution in [0.15, 0.2) is 0 Å². The molecule has 1 saturated heterocycles. The maximum Gasteiger partial charge on any atom is 0.243 e. The van der Waals surface area contributed by atoms with E-state index >= 15 is 0 Å². The number of carbonyl (C=O) groups excluding carboxylic acids is 1. The van der Waals surface area contributed by atoms with Crippen molar-refractivity contribution in [3.63, 3.8) is 0 Å². The summed E-state index contributed by atoms with van der Waals surface area (Å²) in [5.74, 6) is 0.712. The summed E-state index contributed by atoms with van der Waals surface area (Å²) in [6.07, 6.45) is 8.97. The highest BCUT2D eigenvalue weighted by molar-refractivity contribution is 5.74. The van der Waals surface area contributed by atoms with E-state index in [1.165, 1.54) is 25.7 Å². The van der Waals surface area contributed by atoms with E-state index in [9.17, 15) is 4.79 Å². The van der Waals surface area contributed by atoms with E-state index in [0.717, 1.165) is 32.4 Å². The highest BCUT2D eigenvalue weighted by atomic mass is 16.7. The molecule has 17 heavy (non-hydrogen) atoms. The summed E-state index contributed by atoms with van der Waals surface area (Å²) in [6.45, 7) is 2.20. The van der Waals surface area contributed by atoms with Crippen LogP contribution in [-0.2, 0) is 9.63 Å². The minimum Gasteiger partial charge on any atom is -0.316 e. The van der Waals surface area contributed by atoms with Gasteiger partial charge in [0.05, 0.1) is 6.10 Å². The van der Waals surface area contributed by atoms with Gasteiger partial charge in [0, 0.05) is 6.42 Å². The second-order valence-corrected chi connectivity index (χ2v) is 5.30. The van der Waals surface area contributed by atoms with Crippen LogP contribution < -0.4 is 10.8 Å². The van der Waals surface area contributed by atoms with Gasteiger partial charge in [0.2, 0.25) is 5.91 Å². The average molecular weight is 240 g/mol. The van der Waals surface area contributed by atoms with Gasteiger partial charge in [0.15, 0.2) is 0 Å². The maximum absolute atomic E-state index is 11.6. The Morgan fingerprint density at radius 2 is 2.06 bits per heavy atom. The van der Waals surface area contributed by atoms with Gasteiger partial charge in [-0.25, -0.2) is 5.48 Å². The van der Waals surface area contributed by atoms with Gasteiger partial charge in [0.1, 0.15) is 0 Å². The van der Waals surface area contributed by atoms with Crippen LogP contribution in [0.5, 0.6) is 0 Å². The van der Waals surface area contributed by atoms with E-state index in [1.807, 2.05) is 0 Å².